The van der Waals surface area contributed by atoms with Crippen LogP contribution in [0.4, 0.5) is 0 Å². The Labute approximate surface area is 103 Å². The topological polar surface area (TPSA) is 46.3 Å². The molecule has 1 fully saturated rings. The van der Waals surface area contributed by atoms with Crippen LogP contribution in [0, 0.1) is 5.92 Å². The van der Waals surface area contributed by atoms with E-state index in [1.54, 1.807) is 0 Å². The average molecular weight is 234 g/mol. The van der Waals surface area contributed by atoms with Crippen LogP contribution in [-0.2, 0) is 4.79 Å². The minimum atomic E-state index is -0.00875. The molecule has 0 bridgehead atoms. The molecule has 3 nitrogen and oxygen atoms in total. The molecule has 0 aromatic rings. The number of rotatable bonds is 4. The Bertz CT molecular complexity index is 318. The van der Waals surface area contributed by atoms with Crippen molar-refractivity contribution in [3.63, 3.8) is 0 Å². The van der Waals surface area contributed by atoms with Crippen molar-refractivity contribution in [1.82, 2.24) is 4.90 Å². The van der Waals surface area contributed by atoms with Gasteiger partial charge in [-0.1, -0.05) is 31.1 Å². The lowest BCUT2D eigenvalue weighted by molar-refractivity contribution is -0.135. The molecule has 2 unspecified atom stereocenters. The lowest BCUT2D eigenvalue weighted by Crippen LogP contribution is -2.42. The number of amides is 1. The van der Waals surface area contributed by atoms with E-state index in [-0.39, 0.29) is 17.9 Å². The van der Waals surface area contributed by atoms with Crippen molar-refractivity contribution in [3.05, 3.63) is 24.8 Å². The highest BCUT2D eigenvalue weighted by molar-refractivity contribution is 5.81. The monoisotopic (exact) mass is 234 g/mol. The van der Waals surface area contributed by atoms with Crippen molar-refractivity contribution in [3.8, 4) is 0 Å². The van der Waals surface area contributed by atoms with E-state index >= 15 is 0 Å². The smallest absolute Gasteiger partial charge is 0.230 e. The number of hydrogen-bond acceptors (Lipinski definition) is 2. The van der Waals surface area contributed by atoms with E-state index in [2.05, 4.69) is 6.58 Å². The summed E-state index contributed by atoms with van der Waals surface area (Å²) in [4.78, 5) is 14.4. The summed E-state index contributed by atoms with van der Waals surface area (Å²) < 4.78 is 0. The molecule has 0 aromatic carbocycles. The molecule has 94 valence electrons. The molecule has 2 N–H and O–H groups in total. The maximum Gasteiger partial charge on any atom is 0.230 e. The van der Waals surface area contributed by atoms with E-state index in [4.69, 9.17) is 5.73 Å². The Morgan fingerprint density at radius 1 is 1.41 bits per heavy atom. The van der Waals surface area contributed by atoms with Crippen LogP contribution in [0.5, 0.6) is 0 Å². The van der Waals surface area contributed by atoms with E-state index in [0.29, 0.717) is 12.6 Å². The van der Waals surface area contributed by atoms with Gasteiger partial charge in [0.15, 0.2) is 0 Å². The van der Waals surface area contributed by atoms with Gasteiger partial charge in [-0.05, 0) is 19.3 Å². The third kappa shape index (κ3) is 2.78. The molecule has 2 aliphatic rings. The zero-order valence-electron chi connectivity index (χ0n) is 10.3. The van der Waals surface area contributed by atoms with Crippen LogP contribution in [0.3, 0.4) is 0 Å². The van der Waals surface area contributed by atoms with Crippen LogP contribution < -0.4 is 5.73 Å². The van der Waals surface area contributed by atoms with Gasteiger partial charge in [0, 0.05) is 18.6 Å². The van der Waals surface area contributed by atoms with Crippen LogP contribution in [0.15, 0.2) is 24.8 Å². The molecule has 2 atom stereocenters. The summed E-state index contributed by atoms with van der Waals surface area (Å²) in [5.74, 6) is 0.228. The first-order chi connectivity index (χ1) is 8.22. The standard InChI is InChI=1S/C14H22N2O/c1-2-9-16(13-5-3-4-6-13)14(17)11-7-8-12(15)10-11/h2,7-8,11-13H,1,3-6,9-10,15H2. The number of nitrogens with two attached hydrogens (primary N) is 1. The quantitative estimate of drug-likeness (QED) is 0.755. The fourth-order valence-electron chi connectivity index (χ4n) is 2.90. The van der Waals surface area contributed by atoms with Crippen LogP contribution in [0.1, 0.15) is 32.1 Å². The van der Waals surface area contributed by atoms with Crippen molar-refractivity contribution in [2.45, 2.75) is 44.2 Å². The Morgan fingerprint density at radius 3 is 2.65 bits per heavy atom. The van der Waals surface area contributed by atoms with Crippen LogP contribution in [-0.4, -0.2) is 29.4 Å². The molecule has 2 aliphatic carbocycles. The third-order valence-corrected chi connectivity index (χ3v) is 3.81. The summed E-state index contributed by atoms with van der Waals surface area (Å²) in [5.41, 5.74) is 5.81. The van der Waals surface area contributed by atoms with Gasteiger partial charge in [0.25, 0.3) is 0 Å². The summed E-state index contributed by atoms with van der Waals surface area (Å²) in [6.45, 7) is 4.43. The first-order valence-electron chi connectivity index (χ1n) is 6.57. The largest absolute Gasteiger partial charge is 0.335 e. The molecule has 1 amide bonds. The Kier molecular flexibility index (Phi) is 4.00. The zero-order valence-corrected chi connectivity index (χ0v) is 10.3. The highest BCUT2D eigenvalue weighted by Crippen LogP contribution is 2.27. The van der Waals surface area contributed by atoms with Crippen molar-refractivity contribution in [2.75, 3.05) is 6.54 Å². The van der Waals surface area contributed by atoms with E-state index in [1.807, 2.05) is 23.1 Å². The summed E-state index contributed by atoms with van der Waals surface area (Å²) in [7, 11) is 0. The number of nitrogens with zero attached hydrogens (tertiary/aromatic N) is 1. The van der Waals surface area contributed by atoms with Crippen LogP contribution >= 0.6 is 0 Å². The fourth-order valence-corrected chi connectivity index (χ4v) is 2.90. The fraction of sp³-hybridized carbons (Fsp3) is 0.643. The second kappa shape index (κ2) is 5.50. The zero-order chi connectivity index (χ0) is 12.3. The van der Waals surface area contributed by atoms with Crippen molar-refractivity contribution >= 4 is 5.91 Å². The van der Waals surface area contributed by atoms with Gasteiger partial charge < -0.3 is 10.6 Å². The lowest BCUT2D eigenvalue weighted by atomic mass is 10.0. The molecule has 0 radical (unpaired) electrons. The molecule has 0 aromatic heterocycles. The summed E-state index contributed by atoms with van der Waals surface area (Å²) >= 11 is 0. The molecule has 17 heavy (non-hydrogen) atoms. The number of carbonyl (C=O) groups excluding carboxylic acids is 1. The van der Waals surface area contributed by atoms with Crippen LogP contribution in [0.25, 0.3) is 0 Å². The maximum absolute atomic E-state index is 12.4. The molecule has 0 spiro atoms. The van der Waals surface area contributed by atoms with Gasteiger partial charge in [-0.15, -0.1) is 6.58 Å². The molecule has 0 saturated heterocycles. The molecule has 1 saturated carbocycles. The first kappa shape index (κ1) is 12.4. The Hall–Kier alpha value is -1.09. The van der Waals surface area contributed by atoms with Gasteiger partial charge in [0.05, 0.1) is 5.92 Å². The highest BCUT2D eigenvalue weighted by Gasteiger charge is 2.31. The second-order valence-electron chi connectivity index (χ2n) is 5.11. The van der Waals surface area contributed by atoms with E-state index in [0.717, 1.165) is 19.3 Å². The molecule has 0 heterocycles. The minimum absolute atomic E-state index is 0.00875. The molecule has 3 heteroatoms. The highest BCUT2D eigenvalue weighted by atomic mass is 16.2. The first-order valence-corrected chi connectivity index (χ1v) is 6.57. The van der Waals surface area contributed by atoms with E-state index < -0.39 is 0 Å². The molecular formula is C14H22N2O. The predicted molar refractivity (Wildman–Crippen MR) is 69.4 cm³/mol. The van der Waals surface area contributed by atoms with Gasteiger partial charge in [-0.3, -0.25) is 4.79 Å². The average Bonchev–Trinajstić information content (AvgIpc) is 2.95. The van der Waals surface area contributed by atoms with E-state index in [9.17, 15) is 4.79 Å². The summed E-state index contributed by atoms with van der Waals surface area (Å²) in [6, 6.07) is 0.476. The summed E-state index contributed by atoms with van der Waals surface area (Å²) in [6.07, 6.45) is 11.3. The van der Waals surface area contributed by atoms with Crippen molar-refractivity contribution in [2.24, 2.45) is 11.7 Å². The number of hydrogen-bond donors (Lipinski definition) is 1. The lowest BCUT2D eigenvalue weighted by Gasteiger charge is -2.30. The van der Waals surface area contributed by atoms with Gasteiger partial charge in [0.2, 0.25) is 5.91 Å². The normalized spacial score (nSPS) is 28.5. The molecule has 0 aliphatic heterocycles. The Morgan fingerprint density at radius 2 is 2.12 bits per heavy atom. The van der Waals surface area contributed by atoms with E-state index in [1.165, 1.54) is 12.8 Å². The SMILES string of the molecule is C=CCN(C(=O)C1C=CC(N)C1)C1CCCC1. The Balaban J connectivity index is 2.02. The van der Waals surface area contributed by atoms with Gasteiger partial charge in [-0.2, -0.15) is 0 Å². The second-order valence-corrected chi connectivity index (χ2v) is 5.11. The van der Waals surface area contributed by atoms with Gasteiger partial charge in [-0.25, -0.2) is 0 Å². The maximum atomic E-state index is 12.4. The molecular weight excluding hydrogens is 212 g/mol. The minimum Gasteiger partial charge on any atom is -0.335 e. The number of carbonyl (C=O) groups is 1. The van der Waals surface area contributed by atoms with Crippen LogP contribution in [0.2, 0.25) is 0 Å². The molecule has 2 rings (SSSR count). The third-order valence-electron chi connectivity index (χ3n) is 3.81. The van der Waals surface area contributed by atoms with Crippen molar-refractivity contribution in [1.29, 1.82) is 0 Å². The van der Waals surface area contributed by atoms with Crippen molar-refractivity contribution < 1.29 is 4.79 Å². The van der Waals surface area contributed by atoms with Gasteiger partial charge >= 0.3 is 0 Å². The summed E-state index contributed by atoms with van der Waals surface area (Å²) in [5, 5.41) is 0. The predicted octanol–water partition coefficient (Wildman–Crippen LogP) is 1.85. The van der Waals surface area contributed by atoms with Gasteiger partial charge in [0.1, 0.15) is 0 Å².